The van der Waals surface area contributed by atoms with Gasteiger partial charge in [0.05, 0.1) is 11.7 Å². The number of nitrogens with one attached hydrogen (secondary N) is 1. The molecule has 0 radical (unpaired) electrons. The number of hydrogen-bond donors (Lipinski definition) is 1. The molecule has 4 rings (SSSR count). The van der Waals surface area contributed by atoms with Crippen molar-refractivity contribution in [3.63, 3.8) is 0 Å². The molecular formula is C19H19BrN2O2. The Bertz CT molecular complexity index is 759. The van der Waals surface area contributed by atoms with Crippen molar-refractivity contribution in [2.75, 3.05) is 18.5 Å². The number of benzene rings is 2. The average Bonchev–Trinajstić information content (AvgIpc) is 3.11. The van der Waals surface area contributed by atoms with Crippen LogP contribution in [0.15, 0.2) is 53.0 Å². The fourth-order valence-electron chi connectivity index (χ4n) is 3.43. The first-order valence-electron chi connectivity index (χ1n) is 8.26. The molecule has 0 aromatic heterocycles. The second-order valence-electron chi connectivity index (χ2n) is 6.21. The first-order valence-corrected chi connectivity index (χ1v) is 9.06. The Kier molecular flexibility index (Phi) is 4.29. The Hall–Kier alpha value is -1.85. The molecule has 24 heavy (non-hydrogen) atoms. The zero-order valence-electron chi connectivity index (χ0n) is 13.2. The first kappa shape index (κ1) is 15.7. The maximum absolute atomic E-state index is 13.1. The van der Waals surface area contributed by atoms with Gasteiger partial charge in [0.25, 0.3) is 5.91 Å². The van der Waals surface area contributed by atoms with E-state index < -0.39 is 0 Å². The summed E-state index contributed by atoms with van der Waals surface area (Å²) in [5, 5.41) is 3.53. The highest BCUT2D eigenvalue weighted by Gasteiger charge is 2.35. The minimum Gasteiger partial charge on any atom is -0.376 e. The van der Waals surface area contributed by atoms with E-state index in [9.17, 15) is 4.79 Å². The third kappa shape index (κ3) is 2.82. The molecule has 0 saturated carbocycles. The number of ether oxygens (including phenoxy) is 1. The highest BCUT2D eigenvalue weighted by atomic mass is 79.9. The van der Waals surface area contributed by atoms with Crippen molar-refractivity contribution in [3.05, 3.63) is 64.1 Å². The first-order chi connectivity index (χ1) is 11.7. The van der Waals surface area contributed by atoms with E-state index in [0.29, 0.717) is 6.54 Å². The molecule has 1 saturated heterocycles. The molecular weight excluding hydrogens is 368 g/mol. The van der Waals surface area contributed by atoms with E-state index in [4.69, 9.17) is 4.74 Å². The van der Waals surface area contributed by atoms with Gasteiger partial charge in [-0.2, -0.15) is 0 Å². The quantitative estimate of drug-likeness (QED) is 0.859. The molecule has 2 heterocycles. The number of halogens is 1. The number of anilines is 1. The molecule has 2 atom stereocenters. The molecule has 0 spiro atoms. The van der Waals surface area contributed by atoms with Crippen LogP contribution < -0.4 is 5.32 Å². The lowest BCUT2D eigenvalue weighted by molar-refractivity contribution is 0.0426. The molecule has 1 fully saturated rings. The summed E-state index contributed by atoms with van der Waals surface area (Å²) in [6, 6.07) is 15.7. The number of carbonyl (C=O) groups is 1. The molecule has 5 heteroatoms. The van der Waals surface area contributed by atoms with Crippen LogP contribution in [0.3, 0.4) is 0 Å². The second-order valence-corrected chi connectivity index (χ2v) is 7.06. The lowest BCUT2D eigenvalue weighted by Crippen LogP contribution is -2.46. The summed E-state index contributed by atoms with van der Waals surface area (Å²) in [5.41, 5.74) is 2.66. The Morgan fingerprint density at radius 2 is 1.96 bits per heavy atom. The lowest BCUT2D eigenvalue weighted by atomic mass is 10.0. The molecule has 2 aromatic carbocycles. The predicted octanol–water partition coefficient (Wildman–Crippen LogP) is 4.19. The molecule has 0 aliphatic carbocycles. The molecule has 124 valence electrons. The van der Waals surface area contributed by atoms with Gasteiger partial charge in [-0.3, -0.25) is 4.79 Å². The molecule has 2 aliphatic rings. The van der Waals surface area contributed by atoms with Crippen molar-refractivity contribution in [2.45, 2.75) is 25.1 Å². The molecule has 4 nitrogen and oxygen atoms in total. The SMILES string of the molecule is O=C1c2ccccc2N[C@H](c2ccccc2Br)N1C[C@H]1CCCO1. The summed E-state index contributed by atoms with van der Waals surface area (Å²) in [7, 11) is 0. The van der Waals surface area contributed by atoms with Crippen molar-refractivity contribution in [3.8, 4) is 0 Å². The number of amides is 1. The van der Waals surface area contributed by atoms with E-state index >= 15 is 0 Å². The van der Waals surface area contributed by atoms with Crippen LogP contribution in [0.5, 0.6) is 0 Å². The Balaban J connectivity index is 1.73. The van der Waals surface area contributed by atoms with Crippen molar-refractivity contribution < 1.29 is 9.53 Å². The minimum atomic E-state index is -0.202. The standard InChI is InChI=1S/C19H19BrN2O2/c20-16-9-3-1-7-14(16)18-21-17-10-4-2-8-15(17)19(23)22(18)12-13-6-5-11-24-13/h1-4,7-10,13,18,21H,5-6,11-12H2/t13-,18+/m1/s1. The van der Waals surface area contributed by atoms with Gasteiger partial charge in [-0.05, 0) is 31.0 Å². The number of hydrogen-bond acceptors (Lipinski definition) is 3. The second kappa shape index (κ2) is 6.57. The summed E-state index contributed by atoms with van der Waals surface area (Å²) in [6.45, 7) is 1.39. The van der Waals surface area contributed by atoms with Gasteiger partial charge >= 0.3 is 0 Å². The number of nitrogens with zero attached hydrogens (tertiary/aromatic N) is 1. The molecule has 2 aromatic rings. The number of rotatable bonds is 3. The van der Waals surface area contributed by atoms with Crippen LogP contribution in [0.4, 0.5) is 5.69 Å². The van der Waals surface area contributed by atoms with Crippen LogP contribution in [0.25, 0.3) is 0 Å². The van der Waals surface area contributed by atoms with Crippen LogP contribution >= 0.6 is 15.9 Å². The highest BCUT2D eigenvalue weighted by Crippen LogP contribution is 2.36. The third-order valence-corrected chi connectivity index (χ3v) is 5.37. The largest absolute Gasteiger partial charge is 0.376 e. The smallest absolute Gasteiger partial charge is 0.257 e. The molecule has 0 unspecified atom stereocenters. The summed E-state index contributed by atoms with van der Waals surface area (Å²) >= 11 is 3.62. The Morgan fingerprint density at radius 1 is 1.17 bits per heavy atom. The third-order valence-electron chi connectivity index (χ3n) is 4.65. The van der Waals surface area contributed by atoms with Crippen molar-refractivity contribution in [1.82, 2.24) is 4.90 Å². The number of para-hydroxylation sites is 1. The predicted molar refractivity (Wildman–Crippen MR) is 97.0 cm³/mol. The molecule has 1 N–H and O–H groups in total. The molecule has 0 bridgehead atoms. The fourth-order valence-corrected chi connectivity index (χ4v) is 3.93. The van der Waals surface area contributed by atoms with Gasteiger partial charge in [0, 0.05) is 28.9 Å². The van der Waals surface area contributed by atoms with E-state index in [1.807, 2.05) is 53.4 Å². The van der Waals surface area contributed by atoms with Crippen LogP contribution in [-0.2, 0) is 4.74 Å². The fraction of sp³-hybridized carbons (Fsp3) is 0.316. The van der Waals surface area contributed by atoms with Crippen molar-refractivity contribution in [2.24, 2.45) is 0 Å². The normalized spacial score (nSPS) is 23.0. The van der Waals surface area contributed by atoms with E-state index in [0.717, 1.165) is 40.7 Å². The number of fused-ring (bicyclic) bond motifs is 1. The maximum atomic E-state index is 13.1. The van der Waals surface area contributed by atoms with E-state index in [1.165, 1.54) is 0 Å². The van der Waals surface area contributed by atoms with Gasteiger partial charge in [-0.15, -0.1) is 0 Å². The summed E-state index contributed by atoms with van der Waals surface area (Å²) in [4.78, 5) is 15.0. The van der Waals surface area contributed by atoms with Gasteiger partial charge in [0.15, 0.2) is 0 Å². The zero-order valence-corrected chi connectivity index (χ0v) is 14.8. The summed E-state index contributed by atoms with van der Waals surface area (Å²) < 4.78 is 6.77. The molecule has 2 aliphatic heterocycles. The van der Waals surface area contributed by atoms with Gasteiger partial charge in [0.1, 0.15) is 6.17 Å². The van der Waals surface area contributed by atoms with Crippen LogP contribution in [-0.4, -0.2) is 30.1 Å². The monoisotopic (exact) mass is 386 g/mol. The van der Waals surface area contributed by atoms with E-state index in [-0.39, 0.29) is 18.2 Å². The number of carbonyl (C=O) groups excluding carboxylic acids is 1. The van der Waals surface area contributed by atoms with E-state index in [2.05, 4.69) is 21.2 Å². The van der Waals surface area contributed by atoms with Crippen molar-refractivity contribution >= 4 is 27.5 Å². The zero-order chi connectivity index (χ0) is 16.5. The average molecular weight is 387 g/mol. The van der Waals surface area contributed by atoms with Crippen LogP contribution in [0, 0.1) is 0 Å². The van der Waals surface area contributed by atoms with Gasteiger partial charge in [-0.1, -0.05) is 46.3 Å². The molecule has 1 amide bonds. The van der Waals surface area contributed by atoms with E-state index in [1.54, 1.807) is 0 Å². The van der Waals surface area contributed by atoms with Gasteiger partial charge in [-0.25, -0.2) is 0 Å². The summed E-state index contributed by atoms with van der Waals surface area (Å²) in [5.74, 6) is 0.0561. The topological polar surface area (TPSA) is 41.6 Å². The van der Waals surface area contributed by atoms with Gasteiger partial charge < -0.3 is 15.0 Å². The Labute approximate surface area is 149 Å². The summed E-state index contributed by atoms with van der Waals surface area (Å²) in [6.07, 6.45) is 1.99. The highest BCUT2D eigenvalue weighted by molar-refractivity contribution is 9.10. The lowest BCUT2D eigenvalue weighted by Gasteiger charge is -2.39. The minimum absolute atomic E-state index is 0.0561. The van der Waals surface area contributed by atoms with Crippen LogP contribution in [0.2, 0.25) is 0 Å². The maximum Gasteiger partial charge on any atom is 0.257 e. The van der Waals surface area contributed by atoms with Crippen LogP contribution in [0.1, 0.15) is 34.9 Å². The van der Waals surface area contributed by atoms with Gasteiger partial charge in [0.2, 0.25) is 0 Å². The van der Waals surface area contributed by atoms with Crippen molar-refractivity contribution in [1.29, 1.82) is 0 Å². The Morgan fingerprint density at radius 3 is 2.75 bits per heavy atom.